The highest BCUT2D eigenvalue weighted by molar-refractivity contribution is 5.99. The first-order valence-corrected chi connectivity index (χ1v) is 10.7. The molecule has 0 radical (unpaired) electrons. The summed E-state index contributed by atoms with van der Waals surface area (Å²) < 4.78 is 83.3. The number of hydrogen-bond donors (Lipinski definition) is 2. The molecule has 2 atom stereocenters. The quantitative estimate of drug-likeness (QED) is 0.490. The highest BCUT2D eigenvalue weighted by Crippen LogP contribution is 2.38. The van der Waals surface area contributed by atoms with Gasteiger partial charge in [0.1, 0.15) is 5.82 Å². The van der Waals surface area contributed by atoms with Crippen LogP contribution in [0.3, 0.4) is 0 Å². The molecule has 1 aliphatic heterocycles. The maximum Gasteiger partial charge on any atom is 0.417 e. The van der Waals surface area contributed by atoms with Crippen LogP contribution >= 0.6 is 0 Å². The fourth-order valence-corrected chi connectivity index (χ4v) is 3.99. The highest BCUT2D eigenvalue weighted by Gasteiger charge is 2.40. The molecule has 0 saturated carbocycles. The van der Waals surface area contributed by atoms with Gasteiger partial charge in [-0.15, -0.1) is 0 Å². The van der Waals surface area contributed by atoms with Gasteiger partial charge in [-0.25, -0.2) is 4.98 Å². The van der Waals surface area contributed by atoms with E-state index < -0.39 is 43.0 Å². The summed E-state index contributed by atoms with van der Waals surface area (Å²) in [6.07, 6.45) is -12.4. The third-order valence-electron chi connectivity index (χ3n) is 5.86. The lowest BCUT2D eigenvalue weighted by Crippen LogP contribution is -2.43. The number of pyridine rings is 2. The standard InChI is InChI=1S/C23H20F6N4O3/c1-11-19-16(10-36-11)15-6-12(2-5-17(15)32-20(19)30)21(35)33(9-18(34)23(27,28)29)8-14-4-3-13(7-31-14)22(24,25)26/h2-7,11,18,34H,8-10H2,1H3,(H2,30,32)/t11-,18-/m0/s1. The van der Waals surface area contributed by atoms with Crippen LogP contribution in [-0.2, 0) is 24.1 Å². The van der Waals surface area contributed by atoms with Gasteiger partial charge in [-0.1, -0.05) is 0 Å². The molecule has 192 valence electrons. The zero-order chi connectivity index (χ0) is 26.4. The molecule has 1 aromatic carbocycles. The molecule has 1 amide bonds. The number of ether oxygens (including phenoxy) is 1. The number of benzene rings is 1. The van der Waals surface area contributed by atoms with E-state index in [4.69, 9.17) is 10.5 Å². The van der Waals surface area contributed by atoms with Crippen LogP contribution in [0.1, 0.15) is 45.8 Å². The van der Waals surface area contributed by atoms with Crippen molar-refractivity contribution in [1.82, 2.24) is 14.9 Å². The summed E-state index contributed by atoms with van der Waals surface area (Å²) in [7, 11) is 0. The molecule has 3 N–H and O–H groups in total. The van der Waals surface area contributed by atoms with E-state index in [1.165, 1.54) is 18.2 Å². The maximum absolute atomic E-state index is 13.3. The van der Waals surface area contributed by atoms with Crippen molar-refractivity contribution in [3.63, 3.8) is 0 Å². The molecular formula is C23H20F6N4O3. The van der Waals surface area contributed by atoms with E-state index in [0.717, 1.165) is 6.07 Å². The molecule has 7 nitrogen and oxygen atoms in total. The van der Waals surface area contributed by atoms with Crippen molar-refractivity contribution in [3.8, 4) is 0 Å². The van der Waals surface area contributed by atoms with E-state index in [1.807, 2.05) is 0 Å². The summed E-state index contributed by atoms with van der Waals surface area (Å²) in [5, 5.41) is 10.1. The van der Waals surface area contributed by atoms with Crippen LogP contribution in [0.2, 0.25) is 0 Å². The van der Waals surface area contributed by atoms with E-state index in [9.17, 15) is 36.2 Å². The molecule has 2 aromatic heterocycles. The molecule has 3 aromatic rings. The molecule has 0 unspecified atom stereocenters. The van der Waals surface area contributed by atoms with E-state index in [0.29, 0.717) is 39.2 Å². The van der Waals surface area contributed by atoms with Crippen LogP contribution < -0.4 is 5.73 Å². The molecule has 0 bridgehead atoms. The van der Waals surface area contributed by atoms with Gasteiger partial charge in [-0.2, -0.15) is 26.3 Å². The van der Waals surface area contributed by atoms with Crippen LogP contribution in [-0.4, -0.2) is 44.7 Å². The number of carbonyl (C=O) groups excluding carboxylic acids is 1. The predicted molar refractivity (Wildman–Crippen MR) is 115 cm³/mol. The van der Waals surface area contributed by atoms with Crippen LogP contribution in [0.25, 0.3) is 10.9 Å². The fourth-order valence-electron chi connectivity index (χ4n) is 3.99. The number of aromatic nitrogens is 2. The monoisotopic (exact) mass is 514 g/mol. The van der Waals surface area contributed by atoms with Crippen molar-refractivity contribution in [2.45, 2.75) is 44.6 Å². The van der Waals surface area contributed by atoms with Crippen LogP contribution in [0.15, 0.2) is 36.5 Å². The van der Waals surface area contributed by atoms with Crippen LogP contribution in [0, 0.1) is 0 Å². The molecule has 3 heterocycles. The smallest absolute Gasteiger partial charge is 0.383 e. The van der Waals surface area contributed by atoms with Crippen molar-refractivity contribution in [1.29, 1.82) is 0 Å². The SMILES string of the molecule is C[C@@H]1OCc2c1c(N)nc1ccc(C(=O)N(Cc3ccc(C(F)(F)F)cn3)C[C@H](O)C(F)(F)F)cc21. The number of halogens is 6. The molecule has 1 aliphatic rings. The molecule has 4 rings (SSSR count). The van der Waals surface area contributed by atoms with Crippen molar-refractivity contribution in [3.05, 3.63) is 64.5 Å². The van der Waals surface area contributed by atoms with Crippen LogP contribution in [0.4, 0.5) is 32.2 Å². The molecule has 0 aliphatic carbocycles. The van der Waals surface area contributed by atoms with Gasteiger partial charge in [0, 0.05) is 22.7 Å². The number of nitrogen functional groups attached to an aromatic ring is 1. The number of nitrogens with zero attached hydrogens (tertiary/aromatic N) is 3. The summed E-state index contributed by atoms with van der Waals surface area (Å²) in [5.74, 6) is -0.621. The number of carbonyl (C=O) groups is 1. The van der Waals surface area contributed by atoms with Gasteiger partial charge in [0.05, 0.1) is 42.6 Å². The zero-order valence-corrected chi connectivity index (χ0v) is 18.7. The minimum Gasteiger partial charge on any atom is -0.383 e. The van der Waals surface area contributed by atoms with E-state index in [2.05, 4.69) is 9.97 Å². The third kappa shape index (κ3) is 5.07. The Morgan fingerprint density at radius 3 is 2.56 bits per heavy atom. The number of aliphatic hydroxyl groups excluding tert-OH is 1. The Morgan fingerprint density at radius 1 is 1.22 bits per heavy atom. The average Bonchev–Trinajstić information content (AvgIpc) is 3.19. The average molecular weight is 514 g/mol. The van der Waals surface area contributed by atoms with Gasteiger partial charge in [-0.05, 0) is 42.8 Å². The highest BCUT2D eigenvalue weighted by atomic mass is 19.4. The van der Waals surface area contributed by atoms with E-state index >= 15 is 0 Å². The Hall–Kier alpha value is -3.45. The molecule has 0 spiro atoms. The number of amides is 1. The van der Waals surface area contributed by atoms with E-state index in [1.54, 1.807) is 6.92 Å². The van der Waals surface area contributed by atoms with Crippen molar-refractivity contribution >= 4 is 22.6 Å². The normalized spacial score (nSPS) is 16.7. The number of rotatable bonds is 5. The topological polar surface area (TPSA) is 102 Å². The summed E-state index contributed by atoms with van der Waals surface area (Å²) in [6.45, 7) is 0.257. The Kier molecular flexibility index (Phi) is 6.56. The lowest BCUT2D eigenvalue weighted by atomic mass is 10.00. The Morgan fingerprint density at radius 2 is 1.94 bits per heavy atom. The lowest BCUT2D eigenvalue weighted by molar-refractivity contribution is -0.206. The summed E-state index contributed by atoms with van der Waals surface area (Å²) in [6, 6.07) is 5.94. The first kappa shape index (κ1) is 25.6. The minimum atomic E-state index is -5.02. The number of anilines is 1. The Bertz CT molecular complexity index is 1290. The number of hydrogen-bond acceptors (Lipinski definition) is 6. The van der Waals surface area contributed by atoms with Crippen molar-refractivity contribution in [2.24, 2.45) is 0 Å². The minimum absolute atomic E-state index is 0.0166. The van der Waals surface area contributed by atoms with Gasteiger partial charge < -0.3 is 20.5 Å². The zero-order valence-electron chi connectivity index (χ0n) is 18.7. The number of aliphatic hydroxyl groups is 1. The van der Waals surface area contributed by atoms with Gasteiger partial charge in [-0.3, -0.25) is 9.78 Å². The lowest BCUT2D eigenvalue weighted by Gasteiger charge is -2.26. The fraction of sp³-hybridized carbons (Fsp3) is 0.348. The number of alkyl halides is 6. The third-order valence-corrected chi connectivity index (χ3v) is 5.86. The summed E-state index contributed by atoms with van der Waals surface area (Å²) in [5.41, 5.74) is 6.66. The van der Waals surface area contributed by atoms with Gasteiger partial charge in [0.15, 0.2) is 6.10 Å². The molecular weight excluding hydrogens is 494 g/mol. The Labute approximate surface area is 200 Å². The summed E-state index contributed by atoms with van der Waals surface area (Å²) >= 11 is 0. The molecule has 36 heavy (non-hydrogen) atoms. The first-order valence-electron chi connectivity index (χ1n) is 10.7. The molecule has 13 heteroatoms. The largest absolute Gasteiger partial charge is 0.417 e. The summed E-state index contributed by atoms with van der Waals surface area (Å²) in [4.78, 5) is 21.9. The number of nitrogens with two attached hydrogens (primary N) is 1. The Balaban J connectivity index is 1.69. The first-order chi connectivity index (χ1) is 16.8. The van der Waals surface area contributed by atoms with Crippen molar-refractivity contribution < 1.29 is 41.0 Å². The van der Waals surface area contributed by atoms with Gasteiger partial charge >= 0.3 is 12.4 Å². The van der Waals surface area contributed by atoms with Crippen LogP contribution in [0.5, 0.6) is 0 Å². The predicted octanol–water partition coefficient (Wildman–Crippen LogP) is 4.39. The maximum atomic E-state index is 13.3. The molecule has 0 fully saturated rings. The second-order valence-corrected chi connectivity index (χ2v) is 8.35. The van der Waals surface area contributed by atoms with E-state index in [-0.39, 0.29) is 29.8 Å². The second kappa shape index (κ2) is 9.21. The van der Waals surface area contributed by atoms with Crippen molar-refractivity contribution in [2.75, 3.05) is 12.3 Å². The number of fused-ring (bicyclic) bond motifs is 3. The van der Waals surface area contributed by atoms with Gasteiger partial charge in [0.2, 0.25) is 0 Å². The second-order valence-electron chi connectivity index (χ2n) is 8.35. The molecule has 0 saturated heterocycles. The van der Waals surface area contributed by atoms with Gasteiger partial charge in [0.25, 0.3) is 5.91 Å².